The van der Waals surface area contributed by atoms with Crippen LogP contribution < -0.4 is 0 Å². The van der Waals surface area contributed by atoms with E-state index in [1.54, 1.807) is 18.3 Å². The Morgan fingerprint density at radius 3 is 2.92 bits per heavy atom. The standard InChI is InChI=1S/C10H7ClN2/c1-2-8-3-4-9-10(13-8)5-7(11)6-12-9/h2-6H,1H2. The van der Waals surface area contributed by atoms with E-state index in [-0.39, 0.29) is 0 Å². The highest BCUT2D eigenvalue weighted by Crippen LogP contribution is 2.15. The fraction of sp³-hybridized carbons (Fsp3) is 0. The van der Waals surface area contributed by atoms with E-state index in [9.17, 15) is 0 Å². The van der Waals surface area contributed by atoms with Gasteiger partial charge < -0.3 is 0 Å². The highest BCUT2D eigenvalue weighted by Gasteiger charge is 1.97. The first kappa shape index (κ1) is 8.20. The minimum absolute atomic E-state index is 0.598. The molecule has 2 heterocycles. The Labute approximate surface area is 80.9 Å². The van der Waals surface area contributed by atoms with Crippen molar-refractivity contribution in [2.24, 2.45) is 0 Å². The molecule has 13 heavy (non-hydrogen) atoms. The van der Waals surface area contributed by atoms with Crippen molar-refractivity contribution >= 4 is 28.7 Å². The Morgan fingerprint density at radius 2 is 2.15 bits per heavy atom. The lowest BCUT2D eigenvalue weighted by atomic mass is 10.3. The summed E-state index contributed by atoms with van der Waals surface area (Å²) in [6.07, 6.45) is 3.31. The summed E-state index contributed by atoms with van der Waals surface area (Å²) in [7, 11) is 0. The van der Waals surface area contributed by atoms with Crippen LogP contribution in [-0.2, 0) is 0 Å². The molecule has 0 unspecified atom stereocenters. The van der Waals surface area contributed by atoms with Gasteiger partial charge in [-0.15, -0.1) is 0 Å². The molecule has 0 aliphatic rings. The van der Waals surface area contributed by atoms with Crippen LogP contribution in [0.15, 0.2) is 31.0 Å². The first-order valence-electron chi connectivity index (χ1n) is 3.84. The third-order valence-corrected chi connectivity index (χ3v) is 1.94. The van der Waals surface area contributed by atoms with Gasteiger partial charge in [0.25, 0.3) is 0 Å². The van der Waals surface area contributed by atoms with Crippen molar-refractivity contribution in [3.05, 3.63) is 41.7 Å². The van der Waals surface area contributed by atoms with E-state index in [2.05, 4.69) is 16.5 Å². The van der Waals surface area contributed by atoms with Crippen molar-refractivity contribution in [3.8, 4) is 0 Å². The largest absolute Gasteiger partial charge is 0.253 e. The zero-order valence-electron chi connectivity index (χ0n) is 6.87. The van der Waals surface area contributed by atoms with Crippen LogP contribution in [0.5, 0.6) is 0 Å². The van der Waals surface area contributed by atoms with Crippen LogP contribution in [0.1, 0.15) is 5.69 Å². The zero-order chi connectivity index (χ0) is 9.26. The van der Waals surface area contributed by atoms with Crippen LogP contribution in [0.2, 0.25) is 5.02 Å². The molecule has 0 saturated carbocycles. The second-order valence-electron chi connectivity index (χ2n) is 2.63. The van der Waals surface area contributed by atoms with Gasteiger partial charge in [0.2, 0.25) is 0 Å². The summed E-state index contributed by atoms with van der Waals surface area (Å²) in [6.45, 7) is 3.64. The fourth-order valence-corrected chi connectivity index (χ4v) is 1.26. The predicted molar refractivity (Wildman–Crippen MR) is 54.6 cm³/mol. The zero-order valence-corrected chi connectivity index (χ0v) is 7.62. The molecule has 0 fully saturated rings. The SMILES string of the molecule is C=Cc1ccc2ncc(Cl)cc2n1. The lowest BCUT2D eigenvalue weighted by Crippen LogP contribution is -1.85. The van der Waals surface area contributed by atoms with Crippen LogP contribution in [0.25, 0.3) is 17.1 Å². The summed E-state index contributed by atoms with van der Waals surface area (Å²) < 4.78 is 0. The number of rotatable bonds is 1. The van der Waals surface area contributed by atoms with E-state index in [1.807, 2.05) is 12.1 Å². The molecule has 2 rings (SSSR count). The quantitative estimate of drug-likeness (QED) is 0.691. The van der Waals surface area contributed by atoms with E-state index in [1.165, 1.54) is 0 Å². The van der Waals surface area contributed by atoms with Crippen molar-refractivity contribution in [1.29, 1.82) is 0 Å². The number of pyridine rings is 2. The lowest BCUT2D eigenvalue weighted by molar-refractivity contribution is 1.32. The monoisotopic (exact) mass is 190 g/mol. The smallest absolute Gasteiger partial charge is 0.0908 e. The highest BCUT2D eigenvalue weighted by atomic mass is 35.5. The third kappa shape index (κ3) is 1.53. The Hall–Kier alpha value is -1.41. The Bertz CT molecular complexity index is 465. The van der Waals surface area contributed by atoms with Crippen LogP contribution in [0, 0.1) is 0 Å². The molecule has 0 amide bonds. The number of hydrogen-bond acceptors (Lipinski definition) is 2. The lowest BCUT2D eigenvalue weighted by Gasteiger charge is -1.97. The van der Waals surface area contributed by atoms with Crippen molar-refractivity contribution in [2.45, 2.75) is 0 Å². The molecule has 0 radical (unpaired) electrons. The molecule has 3 heteroatoms. The molecular weight excluding hydrogens is 184 g/mol. The molecule has 0 saturated heterocycles. The van der Waals surface area contributed by atoms with E-state index < -0.39 is 0 Å². The molecular formula is C10H7ClN2. The molecule has 0 spiro atoms. The Balaban J connectivity index is 2.74. The summed E-state index contributed by atoms with van der Waals surface area (Å²) in [5.74, 6) is 0. The number of halogens is 1. The van der Waals surface area contributed by atoms with E-state index in [0.29, 0.717) is 5.02 Å². The van der Waals surface area contributed by atoms with Crippen LogP contribution in [0.4, 0.5) is 0 Å². The average molecular weight is 191 g/mol. The molecule has 2 nitrogen and oxygen atoms in total. The number of fused-ring (bicyclic) bond motifs is 1. The van der Waals surface area contributed by atoms with Gasteiger partial charge in [-0.05, 0) is 24.3 Å². The van der Waals surface area contributed by atoms with Gasteiger partial charge in [0.15, 0.2) is 0 Å². The van der Waals surface area contributed by atoms with Gasteiger partial charge in [0.05, 0.1) is 21.7 Å². The molecule has 0 atom stereocenters. The van der Waals surface area contributed by atoms with Crippen molar-refractivity contribution in [2.75, 3.05) is 0 Å². The normalized spacial score (nSPS) is 10.2. The van der Waals surface area contributed by atoms with Gasteiger partial charge in [-0.2, -0.15) is 0 Å². The minimum Gasteiger partial charge on any atom is -0.253 e. The molecule has 64 valence electrons. The van der Waals surface area contributed by atoms with Gasteiger partial charge in [-0.25, -0.2) is 4.98 Å². The fourth-order valence-electron chi connectivity index (χ4n) is 1.11. The number of aromatic nitrogens is 2. The maximum atomic E-state index is 5.79. The Kier molecular flexibility index (Phi) is 1.99. The summed E-state index contributed by atoms with van der Waals surface area (Å²) in [5, 5.41) is 0.598. The number of nitrogens with zero attached hydrogens (tertiary/aromatic N) is 2. The summed E-state index contributed by atoms with van der Waals surface area (Å²) >= 11 is 5.79. The topological polar surface area (TPSA) is 25.8 Å². The van der Waals surface area contributed by atoms with E-state index >= 15 is 0 Å². The maximum Gasteiger partial charge on any atom is 0.0908 e. The maximum absolute atomic E-state index is 5.79. The summed E-state index contributed by atoms with van der Waals surface area (Å²) in [4.78, 5) is 8.42. The predicted octanol–water partition coefficient (Wildman–Crippen LogP) is 2.93. The molecule has 0 aromatic carbocycles. The Morgan fingerprint density at radius 1 is 1.31 bits per heavy atom. The van der Waals surface area contributed by atoms with Crippen molar-refractivity contribution in [1.82, 2.24) is 9.97 Å². The van der Waals surface area contributed by atoms with Gasteiger partial charge in [0, 0.05) is 6.20 Å². The van der Waals surface area contributed by atoms with Gasteiger partial charge >= 0.3 is 0 Å². The molecule has 0 aliphatic heterocycles. The number of hydrogen-bond donors (Lipinski definition) is 0. The first-order valence-corrected chi connectivity index (χ1v) is 4.22. The van der Waals surface area contributed by atoms with Crippen LogP contribution in [-0.4, -0.2) is 9.97 Å². The highest BCUT2D eigenvalue weighted by molar-refractivity contribution is 6.31. The molecule has 2 aromatic heterocycles. The van der Waals surface area contributed by atoms with Crippen LogP contribution >= 0.6 is 11.6 Å². The van der Waals surface area contributed by atoms with Gasteiger partial charge in [0.1, 0.15) is 0 Å². The second-order valence-corrected chi connectivity index (χ2v) is 3.07. The second kappa shape index (κ2) is 3.15. The van der Waals surface area contributed by atoms with Gasteiger partial charge in [-0.3, -0.25) is 4.98 Å². The minimum atomic E-state index is 0.598. The molecule has 0 bridgehead atoms. The van der Waals surface area contributed by atoms with Crippen molar-refractivity contribution in [3.63, 3.8) is 0 Å². The molecule has 0 aliphatic carbocycles. The average Bonchev–Trinajstić information content (AvgIpc) is 2.16. The van der Waals surface area contributed by atoms with Gasteiger partial charge in [-0.1, -0.05) is 18.2 Å². The summed E-state index contributed by atoms with van der Waals surface area (Å²) in [6, 6.07) is 5.56. The van der Waals surface area contributed by atoms with E-state index in [0.717, 1.165) is 16.7 Å². The third-order valence-electron chi connectivity index (χ3n) is 1.73. The van der Waals surface area contributed by atoms with E-state index in [4.69, 9.17) is 11.6 Å². The molecule has 0 N–H and O–H groups in total. The first-order chi connectivity index (χ1) is 6.29. The molecule has 2 aromatic rings. The van der Waals surface area contributed by atoms with Crippen LogP contribution in [0.3, 0.4) is 0 Å². The summed E-state index contributed by atoms with van der Waals surface area (Å²) in [5.41, 5.74) is 2.47. The van der Waals surface area contributed by atoms with Crippen molar-refractivity contribution < 1.29 is 0 Å².